The van der Waals surface area contributed by atoms with E-state index in [1.807, 2.05) is 0 Å². The average Bonchev–Trinajstić information content (AvgIpc) is 2.38. The lowest BCUT2D eigenvalue weighted by atomic mass is 10.1. The van der Waals surface area contributed by atoms with Gasteiger partial charge in [-0.15, -0.1) is 0 Å². The van der Waals surface area contributed by atoms with E-state index in [1.165, 1.54) is 31.3 Å². The minimum Gasteiger partial charge on any atom is -0.480 e. The maximum atomic E-state index is 13.5. The summed E-state index contributed by atoms with van der Waals surface area (Å²) < 4.78 is 13.5. The molecular formula is C14H15ClFNO3. The second-order valence-electron chi connectivity index (χ2n) is 4.18. The van der Waals surface area contributed by atoms with Crippen LogP contribution in [0.2, 0.25) is 5.02 Å². The van der Waals surface area contributed by atoms with Crippen molar-refractivity contribution < 1.29 is 19.1 Å². The monoisotopic (exact) mass is 299 g/mol. The number of carboxylic acids is 1. The summed E-state index contributed by atoms with van der Waals surface area (Å²) in [5.41, 5.74) is 0.0966. The maximum absolute atomic E-state index is 13.5. The second-order valence-corrected chi connectivity index (χ2v) is 4.59. The Morgan fingerprint density at radius 1 is 1.50 bits per heavy atom. The third kappa shape index (κ3) is 3.81. The quantitative estimate of drug-likeness (QED) is 0.851. The van der Waals surface area contributed by atoms with Crippen molar-refractivity contribution in [2.24, 2.45) is 0 Å². The number of hydrogen-bond acceptors (Lipinski definition) is 2. The molecule has 1 rings (SSSR count). The van der Waals surface area contributed by atoms with Crippen molar-refractivity contribution in [1.29, 1.82) is 0 Å². The van der Waals surface area contributed by atoms with Crippen LogP contribution < -0.4 is 0 Å². The molecule has 0 spiro atoms. The van der Waals surface area contributed by atoms with Gasteiger partial charge in [0.1, 0.15) is 11.9 Å². The van der Waals surface area contributed by atoms with Crippen molar-refractivity contribution in [2.75, 3.05) is 7.05 Å². The van der Waals surface area contributed by atoms with Gasteiger partial charge in [-0.25, -0.2) is 9.18 Å². The smallest absolute Gasteiger partial charge is 0.326 e. The minimum atomic E-state index is -1.08. The first-order valence-electron chi connectivity index (χ1n) is 6.00. The van der Waals surface area contributed by atoms with Crippen LogP contribution in [0.25, 0.3) is 6.08 Å². The Labute approximate surface area is 121 Å². The predicted molar refractivity (Wildman–Crippen MR) is 74.9 cm³/mol. The van der Waals surface area contributed by atoms with Crippen LogP contribution in [0.15, 0.2) is 24.3 Å². The molecule has 1 amide bonds. The van der Waals surface area contributed by atoms with Crippen molar-refractivity contribution in [3.05, 3.63) is 40.7 Å². The molecule has 0 aliphatic carbocycles. The lowest BCUT2D eigenvalue weighted by molar-refractivity contribution is -0.147. The van der Waals surface area contributed by atoms with Gasteiger partial charge >= 0.3 is 5.97 Å². The highest BCUT2D eigenvalue weighted by Gasteiger charge is 2.23. The zero-order valence-corrected chi connectivity index (χ0v) is 11.9. The van der Waals surface area contributed by atoms with Gasteiger partial charge in [0, 0.05) is 18.7 Å². The number of halogens is 2. The highest BCUT2D eigenvalue weighted by Crippen LogP contribution is 2.20. The van der Waals surface area contributed by atoms with Crippen molar-refractivity contribution in [3.63, 3.8) is 0 Å². The molecule has 20 heavy (non-hydrogen) atoms. The summed E-state index contributed by atoms with van der Waals surface area (Å²) in [5, 5.41) is 9.15. The topological polar surface area (TPSA) is 57.6 Å². The maximum Gasteiger partial charge on any atom is 0.326 e. The molecule has 0 bridgehead atoms. The number of hydrogen-bond donors (Lipinski definition) is 1. The fourth-order valence-corrected chi connectivity index (χ4v) is 1.94. The second kappa shape index (κ2) is 7.05. The molecule has 0 heterocycles. The summed E-state index contributed by atoms with van der Waals surface area (Å²) in [6.07, 6.45) is 2.63. The van der Waals surface area contributed by atoms with E-state index in [4.69, 9.17) is 16.7 Å². The standard InChI is InChI=1S/C14H15ClFNO3/c1-3-12(14(19)20)17(2)13(18)8-7-9-10(15)5-4-6-11(9)16/h4-8,12H,3H2,1-2H3,(H,19,20). The molecule has 6 heteroatoms. The van der Waals surface area contributed by atoms with Crippen molar-refractivity contribution in [3.8, 4) is 0 Å². The minimum absolute atomic E-state index is 0.0966. The Bertz CT molecular complexity index is 525. The Morgan fingerprint density at radius 3 is 2.65 bits per heavy atom. The zero-order chi connectivity index (χ0) is 15.3. The number of likely N-dealkylation sites (N-methyl/N-ethyl adjacent to an activating group) is 1. The largest absolute Gasteiger partial charge is 0.480 e. The fourth-order valence-electron chi connectivity index (χ4n) is 1.71. The Morgan fingerprint density at radius 2 is 2.15 bits per heavy atom. The summed E-state index contributed by atoms with van der Waals surface area (Å²) in [7, 11) is 1.39. The Hall–Kier alpha value is -1.88. The number of carbonyl (C=O) groups excluding carboxylic acids is 1. The molecule has 0 aliphatic rings. The number of rotatable bonds is 5. The number of nitrogens with zero attached hydrogens (tertiary/aromatic N) is 1. The molecule has 1 atom stereocenters. The summed E-state index contributed by atoms with van der Waals surface area (Å²) in [6.45, 7) is 1.67. The van der Waals surface area contributed by atoms with Crippen LogP contribution in [0, 0.1) is 5.82 Å². The molecule has 4 nitrogen and oxygen atoms in total. The first-order chi connectivity index (χ1) is 9.38. The van der Waals surface area contributed by atoms with E-state index >= 15 is 0 Å². The van der Waals surface area contributed by atoms with E-state index in [0.717, 1.165) is 11.0 Å². The van der Waals surface area contributed by atoms with Crippen LogP contribution in [0.1, 0.15) is 18.9 Å². The van der Waals surface area contributed by atoms with Gasteiger partial charge in [0.05, 0.1) is 5.02 Å². The van der Waals surface area contributed by atoms with Gasteiger partial charge in [-0.1, -0.05) is 24.6 Å². The van der Waals surface area contributed by atoms with Gasteiger partial charge in [0.2, 0.25) is 5.91 Å². The third-order valence-electron chi connectivity index (χ3n) is 2.88. The number of carbonyl (C=O) groups is 2. The van der Waals surface area contributed by atoms with Crippen molar-refractivity contribution >= 4 is 29.6 Å². The van der Waals surface area contributed by atoms with Gasteiger partial charge in [-0.2, -0.15) is 0 Å². The van der Waals surface area contributed by atoms with E-state index in [0.29, 0.717) is 0 Å². The Balaban J connectivity index is 2.90. The first-order valence-corrected chi connectivity index (χ1v) is 6.38. The highest BCUT2D eigenvalue weighted by atomic mass is 35.5. The van der Waals surface area contributed by atoms with Crippen LogP contribution in [0.3, 0.4) is 0 Å². The SMILES string of the molecule is CCC(C(=O)O)N(C)C(=O)C=Cc1c(F)cccc1Cl. The molecule has 0 fully saturated rings. The summed E-state index contributed by atoms with van der Waals surface area (Å²) in [5.74, 6) is -2.16. The lowest BCUT2D eigenvalue weighted by Gasteiger charge is -2.22. The molecule has 1 aromatic carbocycles. The van der Waals surface area contributed by atoms with Gasteiger partial charge in [-0.3, -0.25) is 4.79 Å². The van der Waals surface area contributed by atoms with Gasteiger partial charge in [-0.05, 0) is 24.6 Å². The number of aliphatic carboxylic acids is 1. The summed E-state index contributed by atoms with van der Waals surface area (Å²) in [4.78, 5) is 23.9. The molecule has 1 aromatic rings. The van der Waals surface area contributed by atoms with Crippen LogP contribution >= 0.6 is 11.6 Å². The molecule has 0 saturated carbocycles. The molecular weight excluding hydrogens is 285 g/mol. The third-order valence-corrected chi connectivity index (χ3v) is 3.21. The number of carboxylic acid groups (broad SMARTS) is 1. The van der Waals surface area contributed by atoms with E-state index in [1.54, 1.807) is 6.92 Å². The van der Waals surface area contributed by atoms with Crippen molar-refractivity contribution in [2.45, 2.75) is 19.4 Å². The summed E-state index contributed by atoms with van der Waals surface area (Å²) in [6, 6.07) is 3.28. The predicted octanol–water partition coefficient (Wildman–Crippen LogP) is 2.81. The first kappa shape index (κ1) is 16.2. The zero-order valence-electron chi connectivity index (χ0n) is 11.1. The van der Waals surface area contributed by atoms with Crippen LogP contribution in [-0.2, 0) is 9.59 Å². The Kier molecular flexibility index (Phi) is 5.70. The molecule has 0 aliphatic heterocycles. The molecule has 108 valence electrons. The van der Waals surface area contributed by atoms with Crippen LogP contribution in [0.4, 0.5) is 4.39 Å². The molecule has 0 radical (unpaired) electrons. The molecule has 0 saturated heterocycles. The van der Waals surface area contributed by atoms with Gasteiger partial charge in [0.25, 0.3) is 0 Å². The van der Waals surface area contributed by atoms with Crippen LogP contribution in [-0.4, -0.2) is 35.0 Å². The molecule has 1 N–H and O–H groups in total. The number of benzene rings is 1. The fraction of sp³-hybridized carbons (Fsp3) is 0.286. The van der Waals surface area contributed by atoms with Crippen molar-refractivity contribution in [1.82, 2.24) is 4.90 Å². The number of amides is 1. The van der Waals surface area contributed by atoms with Gasteiger partial charge in [0.15, 0.2) is 0 Å². The van der Waals surface area contributed by atoms with E-state index in [9.17, 15) is 14.0 Å². The molecule has 0 aromatic heterocycles. The summed E-state index contributed by atoms with van der Waals surface area (Å²) >= 11 is 5.82. The highest BCUT2D eigenvalue weighted by molar-refractivity contribution is 6.32. The molecule has 1 unspecified atom stereocenters. The van der Waals surface area contributed by atoms with E-state index in [2.05, 4.69) is 0 Å². The normalized spacial score (nSPS) is 12.4. The lowest BCUT2D eigenvalue weighted by Crippen LogP contribution is -2.41. The van der Waals surface area contributed by atoms with E-state index in [-0.39, 0.29) is 17.0 Å². The van der Waals surface area contributed by atoms with E-state index < -0.39 is 23.7 Å². The average molecular weight is 300 g/mol. The van der Waals surface area contributed by atoms with Gasteiger partial charge < -0.3 is 10.0 Å². The van der Waals surface area contributed by atoms with Crippen LogP contribution in [0.5, 0.6) is 0 Å².